The summed E-state index contributed by atoms with van der Waals surface area (Å²) in [7, 11) is 0. The molecule has 1 heterocycles. The van der Waals surface area contributed by atoms with Crippen LogP contribution < -0.4 is 10.5 Å². The molecule has 1 aromatic heterocycles. The maximum absolute atomic E-state index is 12.0. The lowest BCUT2D eigenvalue weighted by Crippen LogP contribution is -2.31. The second-order valence-electron chi connectivity index (χ2n) is 5.45. The largest absolute Gasteiger partial charge is 0.473 e. The first kappa shape index (κ1) is 15.6. The van der Waals surface area contributed by atoms with Crippen molar-refractivity contribution < 1.29 is 14.3 Å². The number of nitrogens with two attached hydrogens (primary N) is 1. The number of hydrogen-bond donors (Lipinski definition) is 1. The number of aromatic nitrogens is 1. The molecule has 0 bridgehead atoms. The molecule has 1 aliphatic rings. The van der Waals surface area contributed by atoms with Crippen LogP contribution in [0.25, 0.3) is 0 Å². The maximum atomic E-state index is 12.0. The maximum Gasteiger partial charge on any atom is 0.343 e. The number of esters is 1. The van der Waals surface area contributed by atoms with Crippen LogP contribution in [0.2, 0.25) is 0 Å². The van der Waals surface area contributed by atoms with Gasteiger partial charge >= 0.3 is 5.97 Å². The summed E-state index contributed by atoms with van der Waals surface area (Å²) in [5, 5.41) is 0. The third-order valence-corrected chi connectivity index (χ3v) is 3.99. The van der Waals surface area contributed by atoms with Gasteiger partial charge in [-0.05, 0) is 44.6 Å². The Morgan fingerprint density at radius 1 is 1.38 bits per heavy atom. The number of rotatable bonds is 5. The summed E-state index contributed by atoms with van der Waals surface area (Å²) < 4.78 is 11.1. The van der Waals surface area contributed by atoms with Crippen LogP contribution in [0.1, 0.15) is 56.3 Å². The Morgan fingerprint density at radius 2 is 2.14 bits per heavy atom. The molecule has 5 heteroatoms. The molecule has 21 heavy (non-hydrogen) atoms. The first-order valence-electron chi connectivity index (χ1n) is 7.75. The van der Waals surface area contributed by atoms with Gasteiger partial charge < -0.3 is 15.2 Å². The molecule has 0 saturated heterocycles. The molecule has 5 nitrogen and oxygen atoms in total. The van der Waals surface area contributed by atoms with Crippen molar-refractivity contribution in [2.75, 3.05) is 12.3 Å². The molecule has 0 amide bonds. The van der Waals surface area contributed by atoms with Crippen LogP contribution >= 0.6 is 0 Å². The SMILES string of the molecule is CCOC(=O)c1cc(N)cnc1OC1CCCCC1CC. The molecular formula is C16H24N2O3. The van der Waals surface area contributed by atoms with Crippen molar-refractivity contribution in [2.24, 2.45) is 5.92 Å². The first-order chi connectivity index (χ1) is 10.2. The van der Waals surface area contributed by atoms with Crippen molar-refractivity contribution in [3.8, 4) is 5.88 Å². The average molecular weight is 292 g/mol. The molecule has 0 aromatic carbocycles. The molecule has 2 atom stereocenters. The zero-order valence-electron chi connectivity index (χ0n) is 12.8. The summed E-state index contributed by atoms with van der Waals surface area (Å²) >= 11 is 0. The standard InChI is InChI=1S/C16H24N2O3/c1-3-11-7-5-6-8-14(11)21-15-13(16(19)20-4-2)9-12(17)10-18-15/h9-11,14H,3-8,17H2,1-2H3. The molecule has 1 fully saturated rings. The topological polar surface area (TPSA) is 74.4 Å². The van der Waals surface area contributed by atoms with Gasteiger partial charge in [0.1, 0.15) is 11.7 Å². The highest BCUT2D eigenvalue weighted by Crippen LogP contribution is 2.31. The van der Waals surface area contributed by atoms with Gasteiger partial charge in [0, 0.05) is 0 Å². The average Bonchev–Trinajstić information content (AvgIpc) is 2.49. The van der Waals surface area contributed by atoms with E-state index in [1.54, 1.807) is 13.0 Å². The minimum absolute atomic E-state index is 0.119. The number of ether oxygens (including phenoxy) is 2. The molecule has 0 radical (unpaired) electrons. The Bertz CT molecular complexity index is 490. The van der Waals surface area contributed by atoms with E-state index in [0.717, 1.165) is 19.3 Å². The molecule has 1 aromatic rings. The molecular weight excluding hydrogens is 268 g/mol. The van der Waals surface area contributed by atoms with Crippen molar-refractivity contribution in [1.82, 2.24) is 4.98 Å². The van der Waals surface area contributed by atoms with Gasteiger partial charge in [0.05, 0.1) is 18.5 Å². The molecule has 116 valence electrons. The second kappa shape index (κ2) is 7.29. The summed E-state index contributed by atoms with van der Waals surface area (Å²) in [6, 6.07) is 1.57. The molecule has 0 aliphatic heterocycles. The highest BCUT2D eigenvalue weighted by atomic mass is 16.5. The second-order valence-corrected chi connectivity index (χ2v) is 5.45. The van der Waals surface area contributed by atoms with Crippen molar-refractivity contribution >= 4 is 11.7 Å². The van der Waals surface area contributed by atoms with Crippen LogP contribution in [-0.4, -0.2) is 23.7 Å². The first-order valence-corrected chi connectivity index (χ1v) is 7.75. The highest BCUT2D eigenvalue weighted by molar-refractivity contribution is 5.92. The molecule has 1 saturated carbocycles. The molecule has 2 unspecified atom stereocenters. The predicted molar refractivity (Wildman–Crippen MR) is 81.3 cm³/mol. The van der Waals surface area contributed by atoms with Gasteiger partial charge in [-0.2, -0.15) is 0 Å². The molecule has 0 spiro atoms. The van der Waals surface area contributed by atoms with Crippen molar-refractivity contribution in [3.05, 3.63) is 17.8 Å². The third-order valence-electron chi connectivity index (χ3n) is 3.99. The number of carbonyl (C=O) groups is 1. The lowest BCUT2D eigenvalue weighted by Gasteiger charge is -2.31. The normalized spacial score (nSPS) is 21.8. The summed E-state index contributed by atoms with van der Waals surface area (Å²) in [6.07, 6.45) is 7.30. The van der Waals surface area contributed by atoms with E-state index >= 15 is 0 Å². The Morgan fingerprint density at radius 3 is 2.86 bits per heavy atom. The fraction of sp³-hybridized carbons (Fsp3) is 0.625. The Kier molecular flexibility index (Phi) is 5.42. The minimum atomic E-state index is -0.434. The van der Waals surface area contributed by atoms with Crippen LogP contribution in [0, 0.1) is 5.92 Å². The number of pyridine rings is 1. The van der Waals surface area contributed by atoms with Crippen LogP contribution in [0.3, 0.4) is 0 Å². The fourth-order valence-corrected chi connectivity index (χ4v) is 2.86. The lowest BCUT2D eigenvalue weighted by molar-refractivity contribution is 0.0500. The van der Waals surface area contributed by atoms with Gasteiger partial charge in [-0.15, -0.1) is 0 Å². The number of nitrogens with zero attached hydrogens (tertiary/aromatic N) is 1. The van der Waals surface area contributed by atoms with E-state index in [9.17, 15) is 4.79 Å². The van der Waals surface area contributed by atoms with Crippen molar-refractivity contribution in [1.29, 1.82) is 0 Å². The Balaban J connectivity index is 2.20. The summed E-state index contributed by atoms with van der Waals surface area (Å²) in [5.41, 5.74) is 6.47. The van der Waals surface area contributed by atoms with Gasteiger partial charge in [0.25, 0.3) is 0 Å². The molecule has 1 aliphatic carbocycles. The molecule has 2 rings (SSSR count). The molecule has 2 N–H and O–H groups in total. The third kappa shape index (κ3) is 3.86. The van der Waals surface area contributed by atoms with Crippen LogP contribution in [0.5, 0.6) is 5.88 Å². The van der Waals surface area contributed by atoms with Gasteiger partial charge in [-0.1, -0.05) is 13.3 Å². The van der Waals surface area contributed by atoms with Crippen LogP contribution in [0.4, 0.5) is 5.69 Å². The number of carbonyl (C=O) groups excluding carboxylic acids is 1. The van der Waals surface area contributed by atoms with E-state index in [0.29, 0.717) is 29.7 Å². The quantitative estimate of drug-likeness (QED) is 0.844. The van der Waals surface area contributed by atoms with E-state index in [1.807, 2.05) is 0 Å². The predicted octanol–water partition coefficient (Wildman–Crippen LogP) is 3.19. The van der Waals surface area contributed by atoms with Gasteiger partial charge in [0.15, 0.2) is 0 Å². The number of nitrogen functional groups attached to an aromatic ring is 1. The van der Waals surface area contributed by atoms with E-state index in [-0.39, 0.29) is 6.10 Å². The zero-order valence-corrected chi connectivity index (χ0v) is 12.8. The van der Waals surface area contributed by atoms with E-state index in [4.69, 9.17) is 15.2 Å². The smallest absolute Gasteiger partial charge is 0.343 e. The Hall–Kier alpha value is -1.78. The Labute approximate surface area is 125 Å². The van der Waals surface area contributed by atoms with E-state index < -0.39 is 5.97 Å². The van der Waals surface area contributed by atoms with Gasteiger partial charge in [-0.25, -0.2) is 9.78 Å². The van der Waals surface area contributed by atoms with Gasteiger partial charge in [0.2, 0.25) is 5.88 Å². The number of anilines is 1. The fourth-order valence-electron chi connectivity index (χ4n) is 2.86. The van der Waals surface area contributed by atoms with E-state index in [1.165, 1.54) is 19.0 Å². The summed E-state index contributed by atoms with van der Waals surface area (Å²) in [5.74, 6) is 0.428. The van der Waals surface area contributed by atoms with Crippen LogP contribution in [-0.2, 0) is 4.74 Å². The zero-order chi connectivity index (χ0) is 15.2. The van der Waals surface area contributed by atoms with Crippen molar-refractivity contribution in [2.45, 2.75) is 52.1 Å². The lowest BCUT2D eigenvalue weighted by atomic mass is 9.85. The highest BCUT2D eigenvalue weighted by Gasteiger charge is 2.27. The summed E-state index contributed by atoms with van der Waals surface area (Å²) in [4.78, 5) is 16.2. The van der Waals surface area contributed by atoms with Crippen molar-refractivity contribution in [3.63, 3.8) is 0 Å². The van der Waals surface area contributed by atoms with E-state index in [2.05, 4.69) is 11.9 Å². The number of hydrogen-bond acceptors (Lipinski definition) is 5. The van der Waals surface area contributed by atoms with Crippen LogP contribution in [0.15, 0.2) is 12.3 Å². The monoisotopic (exact) mass is 292 g/mol. The minimum Gasteiger partial charge on any atom is -0.473 e. The van der Waals surface area contributed by atoms with Gasteiger partial charge in [-0.3, -0.25) is 0 Å². The summed E-state index contributed by atoms with van der Waals surface area (Å²) in [6.45, 7) is 4.26.